The highest BCUT2D eigenvalue weighted by Gasteiger charge is 2.42. The Labute approximate surface area is 183 Å². The van der Waals surface area contributed by atoms with Gasteiger partial charge in [-0.15, -0.1) is 0 Å². The summed E-state index contributed by atoms with van der Waals surface area (Å²) < 4.78 is 45.4. The van der Waals surface area contributed by atoms with Crippen molar-refractivity contribution >= 4 is 10.0 Å². The van der Waals surface area contributed by atoms with Gasteiger partial charge in [-0.1, -0.05) is 12.1 Å². The molecule has 0 saturated carbocycles. The van der Waals surface area contributed by atoms with Crippen LogP contribution in [0.25, 0.3) is 0 Å². The van der Waals surface area contributed by atoms with Crippen LogP contribution >= 0.6 is 0 Å². The van der Waals surface area contributed by atoms with Gasteiger partial charge in [-0.2, -0.15) is 0 Å². The molecule has 2 fully saturated rings. The zero-order valence-corrected chi connectivity index (χ0v) is 18.7. The minimum Gasteiger partial charge on any atom is -0.495 e. The van der Waals surface area contributed by atoms with Crippen LogP contribution in [0.5, 0.6) is 17.2 Å². The Hall–Kier alpha value is -2.29. The van der Waals surface area contributed by atoms with Crippen LogP contribution in [0.4, 0.5) is 0 Å². The van der Waals surface area contributed by atoms with Crippen LogP contribution in [0.1, 0.15) is 36.8 Å². The fraction of sp³-hybridized carbons (Fsp3) is 0.478. The molecule has 0 aliphatic carbocycles. The standard InChI is InChI=1S/C23H28N2O5S/c1-15-3-7-21(28-2)23(9-15)31(26,27)24-17-11-18-5-6-19(12-17)25(18)13-16-4-8-20-22(10-16)30-14-29-20/h3-4,7-10,17-19,24H,5-6,11-14H2,1-2H3. The number of aryl methyl sites for hydroxylation is 1. The van der Waals surface area contributed by atoms with Crippen molar-refractivity contribution in [3.8, 4) is 17.2 Å². The van der Waals surface area contributed by atoms with Gasteiger partial charge in [0.25, 0.3) is 0 Å². The summed E-state index contributed by atoms with van der Waals surface area (Å²) in [5, 5.41) is 0. The molecule has 3 heterocycles. The topological polar surface area (TPSA) is 77.1 Å². The Morgan fingerprint density at radius 1 is 1.06 bits per heavy atom. The largest absolute Gasteiger partial charge is 0.495 e. The molecule has 2 bridgehead atoms. The molecular weight excluding hydrogens is 416 g/mol. The quantitative estimate of drug-likeness (QED) is 0.737. The molecule has 3 aliphatic rings. The van der Waals surface area contributed by atoms with E-state index in [4.69, 9.17) is 14.2 Å². The molecule has 0 spiro atoms. The Kier molecular flexibility index (Phi) is 5.32. The van der Waals surface area contributed by atoms with Gasteiger partial charge < -0.3 is 14.2 Å². The number of methoxy groups -OCH3 is 1. The first kappa shape index (κ1) is 20.6. The third-order valence-corrected chi connectivity index (χ3v) is 8.16. The number of piperidine rings is 1. The van der Waals surface area contributed by atoms with Gasteiger partial charge in [0.05, 0.1) is 7.11 Å². The number of hydrogen-bond donors (Lipinski definition) is 1. The number of nitrogens with one attached hydrogen (secondary N) is 1. The zero-order chi connectivity index (χ0) is 21.6. The molecule has 5 rings (SSSR count). The predicted octanol–water partition coefficient (Wildman–Crippen LogP) is 3.21. The average molecular weight is 445 g/mol. The Bertz CT molecular complexity index is 1070. The van der Waals surface area contributed by atoms with E-state index in [1.807, 2.05) is 19.1 Å². The molecule has 0 aromatic heterocycles. The van der Waals surface area contributed by atoms with Crippen molar-refractivity contribution in [2.24, 2.45) is 0 Å². The lowest BCUT2D eigenvalue weighted by molar-refractivity contribution is 0.115. The van der Waals surface area contributed by atoms with Crippen molar-refractivity contribution in [3.63, 3.8) is 0 Å². The van der Waals surface area contributed by atoms with Gasteiger partial charge in [0.1, 0.15) is 10.6 Å². The van der Waals surface area contributed by atoms with Crippen molar-refractivity contribution in [1.82, 2.24) is 9.62 Å². The van der Waals surface area contributed by atoms with Gasteiger partial charge in [0, 0.05) is 24.7 Å². The van der Waals surface area contributed by atoms with Crippen LogP contribution in [-0.4, -0.2) is 45.3 Å². The van der Waals surface area contributed by atoms with Crippen LogP contribution in [-0.2, 0) is 16.6 Å². The maximum Gasteiger partial charge on any atom is 0.244 e. The molecule has 2 saturated heterocycles. The number of nitrogens with zero attached hydrogens (tertiary/aromatic N) is 1. The molecule has 166 valence electrons. The van der Waals surface area contributed by atoms with Crippen molar-refractivity contribution in [1.29, 1.82) is 0 Å². The van der Waals surface area contributed by atoms with E-state index in [0.717, 1.165) is 49.3 Å². The summed E-state index contributed by atoms with van der Waals surface area (Å²) in [6, 6.07) is 12.0. The van der Waals surface area contributed by atoms with E-state index in [2.05, 4.69) is 21.8 Å². The molecule has 8 heteroatoms. The second-order valence-corrected chi connectivity index (χ2v) is 10.4. The molecule has 2 atom stereocenters. The first-order valence-corrected chi connectivity index (χ1v) is 12.2. The highest BCUT2D eigenvalue weighted by molar-refractivity contribution is 7.89. The van der Waals surface area contributed by atoms with E-state index < -0.39 is 10.0 Å². The summed E-state index contributed by atoms with van der Waals surface area (Å²) in [6.45, 7) is 3.01. The minimum absolute atomic E-state index is 0.0688. The van der Waals surface area contributed by atoms with Crippen molar-refractivity contribution in [3.05, 3.63) is 47.5 Å². The van der Waals surface area contributed by atoms with Crippen LogP contribution in [0.3, 0.4) is 0 Å². The molecule has 2 aromatic carbocycles. The predicted molar refractivity (Wildman–Crippen MR) is 116 cm³/mol. The van der Waals surface area contributed by atoms with E-state index >= 15 is 0 Å². The van der Waals surface area contributed by atoms with Crippen LogP contribution in [0, 0.1) is 6.92 Å². The summed E-state index contributed by atoms with van der Waals surface area (Å²) in [7, 11) is -2.15. The highest BCUT2D eigenvalue weighted by Crippen LogP contribution is 2.39. The van der Waals surface area contributed by atoms with E-state index in [1.54, 1.807) is 12.1 Å². The third-order valence-electron chi connectivity index (χ3n) is 6.62. The number of sulfonamides is 1. The van der Waals surface area contributed by atoms with Gasteiger partial charge in [0.15, 0.2) is 11.5 Å². The number of ether oxygens (including phenoxy) is 3. The Morgan fingerprint density at radius 2 is 1.81 bits per heavy atom. The van der Waals surface area contributed by atoms with Crippen molar-refractivity contribution < 1.29 is 22.6 Å². The van der Waals surface area contributed by atoms with Gasteiger partial charge >= 0.3 is 0 Å². The lowest BCUT2D eigenvalue weighted by Gasteiger charge is -2.39. The molecule has 31 heavy (non-hydrogen) atoms. The molecule has 0 amide bonds. The summed E-state index contributed by atoms with van der Waals surface area (Å²) in [5.74, 6) is 1.98. The number of benzene rings is 2. The summed E-state index contributed by atoms with van der Waals surface area (Å²) in [6.07, 6.45) is 3.82. The number of fused-ring (bicyclic) bond motifs is 3. The molecule has 0 radical (unpaired) electrons. The maximum atomic E-state index is 13.1. The fourth-order valence-corrected chi connectivity index (χ4v) is 6.67. The lowest BCUT2D eigenvalue weighted by atomic mass is 9.97. The first-order chi connectivity index (χ1) is 14.9. The van der Waals surface area contributed by atoms with E-state index in [9.17, 15) is 8.42 Å². The summed E-state index contributed by atoms with van der Waals surface area (Å²) >= 11 is 0. The maximum absolute atomic E-state index is 13.1. The fourth-order valence-electron chi connectivity index (χ4n) is 5.16. The number of rotatable bonds is 6. The second-order valence-electron chi connectivity index (χ2n) is 8.69. The lowest BCUT2D eigenvalue weighted by Crippen LogP contribution is -2.49. The smallest absolute Gasteiger partial charge is 0.244 e. The Balaban J connectivity index is 1.28. The summed E-state index contributed by atoms with van der Waals surface area (Å²) in [5.41, 5.74) is 2.09. The molecule has 2 unspecified atom stereocenters. The van der Waals surface area contributed by atoms with E-state index in [-0.39, 0.29) is 17.7 Å². The normalized spacial score (nSPS) is 25.0. The van der Waals surface area contributed by atoms with Crippen molar-refractivity contribution in [2.75, 3.05) is 13.9 Å². The van der Waals surface area contributed by atoms with Crippen LogP contribution in [0.15, 0.2) is 41.3 Å². The SMILES string of the molecule is COc1ccc(C)cc1S(=O)(=O)NC1CC2CCC(C1)N2Cc1ccc2c(c1)OCO2. The van der Waals surface area contributed by atoms with Gasteiger partial charge in [-0.05, 0) is 68.0 Å². The zero-order valence-electron chi connectivity index (χ0n) is 17.8. The van der Waals surface area contributed by atoms with Crippen molar-refractivity contribution in [2.45, 2.75) is 62.2 Å². The van der Waals surface area contributed by atoms with Crippen LogP contribution in [0.2, 0.25) is 0 Å². The monoisotopic (exact) mass is 444 g/mol. The third kappa shape index (κ3) is 4.00. The molecule has 7 nitrogen and oxygen atoms in total. The highest BCUT2D eigenvalue weighted by atomic mass is 32.2. The Morgan fingerprint density at radius 3 is 2.55 bits per heavy atom. The second kappa shape index (κ2) is 8.00. The van der Waals surface area contributed by atoms with E-state index in [1.165, 1.54) is 12.7 Å². The molecule has 1 N–H and O–H groups in total. The van der Waals surface area contributed by atoms with Crippen LogP contribution < -0.4 is 18.9 Å². The van der Waals surface area contributed by atoms with Gasteiger partial charge in [0.2, 0.25) is 16.8 Å². The first-order valence-electron chi connectivity index (χ1n) is 10.7. The average Bonchev–Trinajstić information content (AvgIpc) is 3.29. The molecule has 2 aromatic rings. The van der Waals surface area contributed by atoms with Gasteiger partial charge in [-0.3, -0.25) is 4.90 Å². The van der Waals surface area contributed by atoms with E-state index in [0.29, 0.717) is 17.8 Å². The molecule has 3 aliphatic heterocycles. The number of hydrogen-bond acceptors (Lipinski definition) is 6. The summed E-state index contributed by atoms with van der Waals surface area (Å²) in [4.78, 5) is 2.74. The van der Waals surface area contributed by atoms with Gasteiger partial charge in [-0.25, -0.2) is 13.1 Å². The molecular formula is C23H28N2O5S. The minimum atomic E-state index is -3.65.